The third kappa shape index (κ3) is 3.93. The number of methoxy groups -OCH3 is 1. The molecule has 3 aromatic rings. The molecule has 3 rings (SSSR count). The molecule has 0 saturated carbocycles. The maximum absolute atomic E-state index is 12.7. The summed E-state index contributed by atoms with van der Waals surface area (Å²) in [5.74, 6) is 0.500. The number of carbonyl (C=O) groups is 1. The Labute approximate surface area is 167 Å². The van der Waals surface area contributed by atoms with Gasteiger partial charge in [-0.05, 0) is 53.0 Å². The molecule has 0 N–H and O–H groups in total. The first-order chi connectivity index (χ1) is 13.1. The van der Waals surface area contributed by atoms with Crippen molar-refractivity contribution in [2.24, 2.45) is 0 Å². The van der Waals surface area contributed by atoms with Crippen molar-refractivity contribution in [3.8, 4) is 17.0 Å². The van der Waals surface area contributed by atoms with E-state index in [1.807, 2.05) is 68.4 Å². The predicted molar refractivity (Wildman–Crippen MR) is 110 cm³/mol. The van der Waals surface area contributed by atoms with Crippen LogP contribution in [0.25, 0.3) is 11.3 Å². The second kappa shape index (κ2) is 8.44. The van der Waals surface area contributed by atoms with Gasteiger partial charge >= 0.3 is 5.97 Å². The molecule has 0 atom stereocenters. The minimum atomic E-state index is -0.320. The molecule has 2 aromatic carbocycles. The van der Waals surface area contributed by atoms with Gasteiger partial charge in [0.25, 0.3) is 0 Å². The molecule has 0 aliphatic carbocycles. The van der Waals surface area contributed by atoms with Crippen molar-refractivity contribution in [1.82, 2.24) is 4.57 Å². The third-order valence-electron chi connectivity index (χ3n) is 4.48. The van der Waals surface area contributed by atoms with Crippen LogP contribution < -0.4 is 4.74 Å². The van der Waals surface area contributed by atoms with E-state index in [0.29, 0.717) is 18.7 Å². The number of aromatic nitrogens is 1. The fraction of sp³-hybridized carbons (Fsp3) is 0.227. The number of benzene rings is 2. The standard InChI is InChI=1S/C22H22BrNO3/c1-4-27-22(25)19-20(23)15(2)24(21(19)17-8-6-5-7-9-17)14-16-10-12-18(26-3)13-11-16/h5-13H,4,14H2,1-3H3. The minimum absolute atomic E-state index is 0.320. The third-order valence-corrected chi connectivity index (χ3v) is 5.45. The number of hydrogen-bond donors (Lipinski definition) is 0. The Bertz CT molecular complexity index is 930. The van der Waals surface area contributed by atoms with Gasteiger partial charge in [0.2, 0.25) is 0 Å². The van der Waals surface area contributed by atoms with E-state index < -0.39 is 0 Å². The molecule has 0 amide bonds. The van der Waals surface area contributed by atoms with Crippen LogP contribution in [0, 0.1) is 6.92 Å². The van der Waals surface area contributed by atoms with Crippen molar-refractivity contribution in [2.45, 2.75) is 20.4 Å². The molecular weight excluding hydrogens is 406 g/mol. The molecule has 0 radical (unpaired) electrons. The van der Waals surface area contributed by atoms with Crippen molar-refractivity contribution in [3.63, 3.8) is 0 Å². The van der Waals surface area contributed by atoms with E-state index >= 15 is 0 Å². The van der Waals surface area contributed by atoms with Gasteiger partial charge in [-0.3, -0.25) is 0 Å². The van der Waals surface area contributed by atoms with E-state index in [1.165, 1.54) is 0 Å². The van der Waals surface area contributed by atoms with E-state index in [4.69, 9.17) is 9.47 Å². The lowest BCUT2D eigenvalue weighted by molar-refractivity contribution is 0.0526. The second-order valence-corrected chi connectivity index (χ2v) is 6.94. The highest BCUT2D eigenvalue weighted by Crippen LogP contribution is 2.36. The molecule has 140 valence electrons. The quantitative estimate of drug-likeness (QED) is 0.490. The van der Waals surface area contributed by atoms with Gasteiger partial charge in [-0.25, -0.2) is 4.79 Å². The fourth-order valence-electron chi connectivity index (χ4n) is 3.10. The van der Waals surface area contributed by atoms with E-state index in [2.05, 4.69) is 20.5 Å². The molecule has 1 aromatic heterocycles. The van der Waals surface area contributed by atoms with Crippen LogP contribution in [0.2, 0.25) is 0 Å². The normalized spacial score (nSPS) is 10.7. The van der Waals surface area contributed by atoms with Crippen molar-refractivity contribution >= 4 is 21.9 Å². The molecule has 0 unspecified atom stereocenters. The van der Waals surface area contributed by atoms with Crippen molar-refractivity contribution < 1.29 is 14.3 Å². The van der Waals surface area contributed by atoms with E-state index in [-0.39, 0.29) is 5.97 Å². The van der Waals surface area contributed by atoms with Gasteiger partial charge in [0.05, 0.1) is 29.4 Å². The Kier molecular flexibility index (Phi) is 6.01. The summed E-state index contributed by atoms with van der Waals surface area (Å²) >= 11 is 3.61. The maximum Gasteiger partial charge on any atom is 0.341 e. The number of halogens is 1. The lowest BCUT2D eigenvalue weighted by Gasteiger charge is -2.14. The van der Waals surface area contributed by atoms with Gasteiger partial charge in [-0.1, -0.05) is 42.5 Å². The summed E-state index contributed by atoms with van der Waals surface area (Å²) in [7, 11) is 1.65. The Morgan fingerprint density at radius 3 is 2.33 bits per heavy atom. The summed E-state index contributed by atoms with van der Waals surface area (Å²) in [5, 5.41) is 0. The van der Waals surface area contributed by atoms with Gasteiger partial charge < -0.3 is 14.0 Å². The van der Waals surface area contributed by atoms with E-state index in [1.54, 1.807) is 7.11 Å². The minimum Gasteiger partial charge on any atom is -0.497 e. The van der Waals surface area contributed by atoms with Crippen molar-refractivity contribution in [3.05, 3.63) is 75.9 Å². The van der Waals surface area contributed by atoms with Crippen molar-refractivity contribution in [1.29, 1.82) is 0 Å². The average molecular weight is 428 g/mol. The van der Waals surface area contributed by atoms with Crippen molar-refractivity contribution in [2.75, 3.05) is 13.7 Å². The molecule has 4 nitrogen and oxygen atoms in total. The number of nitrogens with zero attached hydrogens (tertiary/aromatic N) is 1. The maximum atomic E-state index is 12.7. The van der Waals surface area contributed by atoms with Gasteiger partial charge in [0, 0.05) is 12.2 Å². The van der Waals surface area contributed by atoms with Gasteiger partial charge in [0.15, 0.2) is 0 Å². The molecular formula is C22H22BrNO3. The lowest BCUT2D eigenvalue weighted by atomic mass is 10.1. The Hall–Kier alpha value is -2.53. The zero-order valence-corrected chi connectivity index (χ0v) is 17.2. The first-order valence-electron chi connectivity index (χ1n) is 8.80. The molecule has 0 bridgehead atoms. The molecule has 0 aliphatic rings. The zero-order valence-electron chi connectivity index (χ0n) is 15.7. The van der Waals surface area contributed by atoms with Gasteiger partial charge in [-0.2, -0.15) is 0 Å². The Balaban J connectivity index is 2.14. The van der Waals surface area contributed by atoms with Crippen LogP contribution in [-0.2, 0) is 11.3 Å². The number of esters is 1. The summed E-state index contributed by atoms with van der Waals surface area (Å²) < 4.78 is 13.5. The summed E-state index contributed by atoms with van der Waals surface area (Å²) in [6, 6.07) is 17.9. The number of ether oxygens (including phenoxy) is 2. The average Bonchev–Trinajstić information content (AvgIpc) is 2.94. The van der Waals surface area contributed by atoms with Crippen LogP contribution >= 0.6 is 15.9 Å². The van der Waals surface area contributed by atoms with Crippen LogP contribution in [0.1, 0.15) is 28.5 Å². The molecule has 1 heterocycles. The predicted octanol–water partition coefficient (Wildman–Crippen LogP) is 5.46. The van der Waals surface area contributed by atoms with Gasteiger partial charge in [-0.15, -0.1) is 0 Å². The van der Waals surface area contributed by atoms with Crippen LogP contribution in [-0.4, -0.2) is 24.3 Å². The highest BCUT2D eigenvalue weighted by atomic mass is 79.9. The van der Waals surface area contributed by atoms with E-state index in [0.717, 1.165) is 32.7 Å². The lowest BCUT2D eigenvalue weighted by Crippen LogP contribution is -2.08. The Morgan fingerprint density at radius 2 is 1.74 bits per heavy atom. The smallest absolute Gasteiger partial charge is 0.341 e. The van der Waals surface area contributed by atoms with Gasteiger partial charge in [0.1, 0.15) is 5.75 Å². The van der Waals surface area contributed by atoms with E-state index in [9.17, 15) is 4.79 Å². The molecule has 0 fully saturated rings. The topological polar surface area (TPSA) is 40.5 Å². The first-order valence-corrected chi connectivity index (χ1v) is 9.60. The first kappa shape index (κ1) is 19.2. The zero-order chi connectivity index (χ0) is 19.4. The molecule has 5 heteroatoms. The summed E-state index contributed by atoms with van der Waals surface area (Å²) in [6.45, 7) is 4.79. The molecule has 0 saturated heterocycles. The van der Waals surface area contributed by atoms with Crippen LogP contribution in [0.4, 0.5) is 0 Å². The highest BCUT2D eigenvalue weighted by molar-refractivity contribution is 9.10. The van der Waals surface area contributed by atoms with Crippen LogP contribution in [0.3, 0.4) is 0 Å². The number of hydrogen-bond acceptors (Lipinski definition) is 3. The number of rotatable bonds is 6. The number of carbonyl (C=O) groups excluding carboxylic acids is 1. The van der Waals surface area contributed by atoms with Crippen LogP contribution in [0.15, 0.2) is 59.1 Å². The molecule has 0 aliphatic heterocycles. The van der Waals surface area contributed by atoms with Crippen LogP contribution in [0.5, 0.6) is 5.75 Å². The largest absolute Gasteiger partial charge is 0.497 e. The summed E-state index contributed by atoms with van der Waals surface area (Å²) in [4.78, 5) is 12.7. The fourth-order valence-corrected chi connectivity index (χ4v) is 3.67. The summed E-state index contributed by atoms with van der Waals surface area (Å²) in [5.41, 5.74) is 4.49. The highest BCUT2D eigenvalue weighted by Gasteiger charge is 2.26. The second-order valence-electron chi connectivity index (χ2n) is 6.14. The molecule has 0 spiro atoms. The summed E-state index contributed by atoms with van der Waals surface area (Å²) in [6.07, 6.45) is 0. The SMILES string of the molecule is CCOC(=O)c1c(Br)c(C)n(Cc2ccc(OC)cc2)c1-c1ccccc1. The monoisotopic (exact) mass is 427 g/mol. The Morgan fingerprint density at radius 1 is 1.07 bits per heavy atom. The molecule has 27 heavy (non-hydrogen) atoms.